The lowest BCUT2D eigenvalue weighted by Gasteiger charge is -2.39. The van der Waals surface area contributed by atoms with Crippen molar-refractivity contribution in [1.82, 2.24) is 9.80 Å². The van der Waals surface area contributed by atoms with E-state index in [1.54, 1.807) is 0 Å². The number of benzene rings is 1. The van der Waals surface area contributed by atoms with Gasteiger partial charge in [-0.3, -0.25) is 0 Å². The second kappa shape index (κ2) is 12.5. The molecule has 7 nitrogen and oxygen atoms in total. The summed E-state index contributed by atoms with van der Waals surface area (Å²) >= 11 is 0. The van der Waals surface area contributed by atoms with Gasteiger partial charge in [-0.1, -0.05) is 12.1 Å². The van der Waals surface area contributed by atoms with E-state index in [-0.39, 0.29) is 18.7 Å². The Balaban J connectivity index is 1.37. The predicted octanol–water partition coefficient (Wildman–Crippen LogP) is 6.01. The van der Waals surface area contributed by atoms with Crippen molar-refractivity contribution < 1.29 is 23.8 Å². The number of hydrogen-bond donors (Lipinski definition) is 0. The average molecular weight is 517 g/mol. The number of rotatable bonds is 7. The van der Waals surface area contributed by atoms with Crippen LogP contribution in [0.15, 0.2) is 24.3 Å². The van der Waals surface area contributed by atoms with Gasteiger partial charge in [0, 0.05) is 25.7 Å². The molecule has 7 heteroatoms. The van der Waals surface area contributed by atoms with Gasteiger partial charge in [0.1, 0.15) is 17.0 Å². The number of amides is 1. The van der Waals surface area contributed by atoms with Crippen LogP contribution >= 0.6 is 0 Å². The molecule has 0 aromatic heterocycles. The molecule has 1 aromatic carbocycles. The highest BCUT2D eigenvalue weighted by atomic mass is 16.6. The molecule has 3 rings (SSSR count). The number of carbonyl (C=O) groups excluding carboxylic acids is 2. The number of nitrogens with zero attached hydrogens (tertiary/aromatic N) is 2. The summed E-state index contributed by atoms with van der Waals surface area (Å²) in [6.07, 6.45) is 6.68. The molecule has 0 unspecified atom stereocenters. The highest BCUT2D eigenvalue weighted by Crippen LogP contribution is 2.35. The second-order valence-electron chi connectivity index (χ2n) is 12.8. The van der Waals surface area contributed by atoms with E-state index >= 15 is 0 Å². The smallest absolute Gasteiger partial charge is 0.410 e. The number of esters is 1. The van der Waals surface area contributed by atoms with Gasteiger partial charge in [-0.2, -0.15) is 0 Å². The predicted molar refractivity (Wildman–Crippen MR) is 146 cm³/mol. The minimum atomic E-state index is -0.503. The summed E-state index contributed by atoms with van der Waals surface area (Å²) in [5, 5.41) is 0. The van der Waals surface area contributed by atoms with E-state index in [4.69, 9.17) is 14.2 Å². The summed E-state index contributed by atoms with van der Waals surface area (Å²) in [5.41, 5.74) is 0.404. The molecular formula is C30H48N2O5. The first-order chi connectivity index (χ1) is 17.3. The molecule has 1 amide bonds. The van der Waals surface area contributed by atoms with Gasteiger partial charge in [0.25, 0.3) is 0 Å². The Kier molecular flexibility index (Phi) is 9.90. The molecule has 0 N–H and O–H groups in total. The monoisotopic (exact) mass is 516 g/mol. The Bertz CT molecular complexity index is 871. The van der Waals surface area contributed by atoms with Gasteiger partial charge in [-0.05, 0) is 117 Å². The standard InChI is InChI=1S/C30H48N2O5/c1-29(2,3)36-27(33)21-35-26-14-10-24(11-15-26)23-8-12-25(13-9-23)31(7)20-22-16-18-32(19-17-22)28(34)37-30(4,5)6/h10-11,14-15,22-23,25H,8-9,12-13,16-21H2,1-7H3/t23-,25-. The fourth-order valence-corrected chi connectivity index (χ4v) is 5.38. The van der Waals surface area contributed by atoms with Crippen molar-refractivity contribution in [3.05, 3.63) is 29.8 Å². The molecule has 1 aromatic rings. The highest BCUT2D eigenvalue weighted by molar-refractivity contribution is 5.71. The van der Waals surface area contributed by atoms with Crippen LogP contribution in [-0.4, -0.2) is 72.4 Å². The van der Waals surface area contributed by atoms with E-state index in [0.717, 1.165) is 32.5 Å². The van der Waals surface area contributed by atoms with Gasteiger partial charge >= 0.3 is 12.1 Å². The molecule has 1 heterocycles. The van der Waals surface area contributed by atoms with Crippen molar-refractivity contribution in [2.75, 3.05) is 33.3 Å². The minimum Gasteiger partial charge on any atom is -0.482 e. The normalized spacial score (nSPS) is 21.6. The first kappa shape index (κ1) is 29.3. The summed E-state index contributed by atoms with van der Waals surface area (Å²) in [4.78, 5) is 28.6. The molecule has 1 aliphatic heterocycles. The Labute approximate surface area is 223 Å². The van der Waals surface area contributed by atoms with Crippen LogP contribution in [0.4, 0.5) is 4.79 Å². The van der Waals surface area contributed by atoms with E-state index in [2.05, 4.69) is 24.1 Å². The molecule has 0 bridgehead atoms. The van der Waals surface area contributed by atoms with Crippen LogP contribution in [0.2, 0.25) is 0 Å². The lowest BCUT2D eigenvalue weighted by atomic mass is 9.81. The summed E-state index contributed by atoms with van der Waals surface area (Å²) in [6, 6.07) is 8.81. The van der Waals surface area contributed by atoms with Gasteiger partial charge in [0.15, 0.2) is 6.61 Å². The third-order valence-corrected chi connectivity index (χ3v) is 7.26. The molecule has 0 atom stereocenters. The van der Waals surface area contributed by atoms with Crippen molar-refractivity contribution in [1.29, 1.82) is 0 Å². The lowest BCUT2D eigenvalue weighted by molar-refractivity contribution is -0.157. The summed E-state index contributed by atoms with van der Waals surface area (Å²) < 4.78 is 16.4. The van der Waals surface area contributed by atoms with Crippen molar-refractivity contribution in [2.45, 2.75) is 103 Å². The van der Waals surface area contributed by atoms with Crippen molar-refractivity contribution in [3.8, 4) is 5.75 Å². The zero-order chi connectivity index (χ0) is 27.2. The quantitative estimate of drug-likeness (QED) is 0.413. The Morgan fingerprint density at radius 2 is 1.43 bits per heavy atom. The zero-order valence-corrected chi connectivity index (χ0v) is 24.0. The van der Waals surface area contributed by atoms with Crippen LogP contribution in [0.5, 0.6) is 5.75 Å². The van der Waals surface area contributed by atoms with E-state index in [9.17, 15) is 9.59 Å². The van der Waals surface area contributed by atoms with E-state index in [1.807, 2.05) is 58.6 Å². The SMILES string of the molecule is CN(CC1CCN(C(=O)OC(C)(C)C)CC1)[C@H]1CC[C@H](c2ccc(OCC(=O)OC(C)(C)C)cc2)CC1. The van der Waals surface area contributed by atoms with E-state index < -0.39 is 11.2 Å². The largest absolute Gasteiger partial charge is 0.482 e. The van der Waals surface area contributed by atoms with Crippen LogP contribution in [-0.2, 0) is 14.3 Å². The first-order valence-electron chi connectivity index (χ1n) is 13.9. The maximum absolute atomic E-state index is 12.3. The Hall–Kier alpha value is -2.28. The first-order valence-corrected chi connectivity index (χ1v) is 13.9. The van der Waals surface area contributed by atoms with Crippen LogP contribution in [0.3, 0.4) is 0 Å². The third kappa shape index (κ3) is 9.84. The molecule has 0 radical (unpaired) electrons. The molecule has 1 saturated carbocycles. The zero-order valence-electron chi connectivity index (χ0n) is 24.0. The fourth-order valence-electron chi connectivity index (χ4n) is 5.38. The van der Waals surface area contributed by atoms with Crippen LogP contribution < -0.4 is 4.74 Å². The van der Waals surface area contributed by atoms with E-state index in [1.165, 1.54) is 31.2 Å². The van der Waals surface area contributed by atoms with Crippen molar-refractivity contribution >= 4 is 12.1 Å². The lowest BCUT2D eigenvalue weighted by Crippen LogP contribution is -2.45. The number of ether oxygens (including phenoxy) is 3. The van der Waals surface area contributed by atoms with Crippen LogP contribution in [0.1, 0.15) is 91.5 Å². The van der Waals surface area contributed by atoms with Gasteiger partial charge in [-0.25, -0.2) is 9.59 Å². The Morgan fingerprint density at radius 1 is 0.865 bits per heavy atom. The maximum Gasteiger partial charge on any atom is 0.410 e. The van der Waals surface area contributed by atoms with Crippen molar-refractivity contribution in [2.24, 2.45) is 5.92 Å². The number of likely N-dealkylation sites (tertiary alicyclic amines) is 1. The average Bonchev–Trinajstić information content (AvgIpc) is 2.81. The van der Waals surface area contributed by atoms with Crippen LogP contribution in [0, 0.1) is 5.92 Å². The number of hydrogen-bond acceptors (Lipinski definition) is 6. The maximum atomic E-state index is 12.3. The molecule has 1 saturated heterocycles. The molecule has 37 heavy (non-hydrogen) atoms. The molecule has 208 valence electrons. The van der Waals surface area contributed by atoms with Crippen LogP contribution in [0.25, 0.3) is 0 Å². The second-order valence-corrected chi connectivity index (χ2v) is 12.8. The number of carbonyl (C=O) groups is 2. The minimum absolute atomic E-state index is 0.0753. The van der Waals surface area contributed by atoms with E-state index in [0.29, 0.717) is 23.6 Å². The number of piperidine rings is 1. The topological polar surface area (TPSA) is 68.3 Å². The molecule has 1 aliphatic carbocycles. The molecule has 2 aliphatic rings. The van der Waals surface area contributed by atoms with Crippen molar-refractivity contribution in [3.63, 3.8) is 0 Å². The Morgan fingerprint density at radius 3 is 1.97 bits per heavy atom. The highest BCUT2D eigenvalue weighted by Gasteiger charge is 2.30. The van der Waals surface area contributed by atoms with Gasteiger partial charge in [-0.15, -0.1) is 0 Å². The summed E-state index contributed by atoms with van der Waals surface area (Å²) in [7, 11) is 2.27. The van der Waals surface area contributed by atoms with Gasteiger partial charge < -0.3 is 24.0 Å². The third-order valence-electron chi connectivity index (χ3n) is 7.26. The fraction of sp³-hybridized carbons (Fsp3) is 0.733. The molecule has 2 fully saturated rings. The summed E-state index contributed by atoms with van der Waals surface area (Å²) in [5.74, 6) is 1.55. The summed E-state index contributed by atoms with van der Waals surface area (Å²) in [6.45, 7) is 13.9. The van der Waals surface area contributed by atoms with Gasteiger partial charge in [0.05, 0.1) is 0 Å². The molecular weight excluding hydrogens is 468 g/mol. The van der Waals surface area contributed by atoms with Gasteiger partial charge in [0.2, 0.25) is 0 Å². The molecule has 0 spiro atoms.